The van der Waals surface area contributed by atoms with Crippen LogP contribution in [0.25, 0.3) is 0 Å². The number of carbonyl (C=O) groups excluding carboxylic acids is 2. The third-order valence-electron chi connectivity index (χ3n) is 10.7. The molecule has 0 aromatic rings. The van der Waals surface area contributed by atoms with Gasteiger partial charge in [-0.1, -0.05) is 174 Å². The molecule has 0 amide bonds. The largest absolute Gasteiger partial charge is 0.462 e. The van der Waals surface area contributed by atoms with Crippen LogP contribution >= 0.6 is 0 Å². The summed E-state index contributed by atoms with van der Waals surface area (Å²) in [6, 6.07) is 0. The third-order valence-corrected chi connectivity index (χ3v) is 10.7. The van der Waals surface area contributed by atoms with Crippen molar-refractivity contribution in [1.82, 2.24) is 0 Å². The van der Waals surface area contributed by atoms with Gasteiger partial charge in [-0.3, -0.25) is 9.59 Å². The van der Waals surface area contributed by atoms with Gasteiger partial charge < -0.3 is 39.4 Å². The van der Waals surface area contributed by atoms with Gasteiger partial charge in [-0.25, -0.2) is 0 Å². The molecule has 1 aliphatic rings. The van der Waals surface area contributed by atoms with E-state index in [1.807, 2.05) is 0 Å². The van der Waals surface area contributed by atoms with Crippen LogP contribution in [0, 0.1) is 0 Å². The molecule has 1 saturated heterocycles. The molecular formula is C45H84O10. The van der Waals surface area contributed by atoms with Gasteiger partial charge >= 0.3 is 11.9 Å². The molecule has 0 aliphatic carbocycles. The standard InChI is InChI=1S/C45H84O10/c1-3-5-7-9-11-13-15-16-17-18-19-20-21-22-24-25-27-29-31-33-40(47)52-36-38(37-53-45-44(51)43(50)42(49)39(35-46)55-45)54-41(48)34-32-30-28-26-23-14-12-10-8-6-4-2/h10,12,38-39,42-46,49-51H,3-9,11,13-37H2,1-2H3/b12-10+/t38-,39-,42+,43?,44?,45-/m0/s1. The summed E-state index contributed by atoms with van der Waals surface area (Å²) in [6.45, 7) is 3.39. The molecule has 6 atom stereocenters. The molecule has 324 valence electrons. The fourth-order valence-electron chi connectivity index (χ4n) is 6.99. The second kappa shape index (κ2) is 36.8. The fourth-order valence-corrected chi connectivity index (χ4v) is 6.99. The molecular weight excluding hydrogens is 700 g/mol. The van der Waals surface area contributed by atoms with Gasteiger partial charge in [0.25, 0.3) is 0 Å². The zero-order chi connectivity index (χ0) is 40.2. The Bertz CT molecular complexity index is 912. The lowest BCUT2D eigenvalue weighted by atomic mass is 9.99. The highest BCUT2D eigenvalue weighted by Crippen LogP contribution is 2.23. The molecule has 0 bridgehead atoms. The number of esters is 2. The first-order chi connectivity index (χ1) is 26.8. The molecule has 1 heterocycles. The molecule has 1 fully saturated rings. The van der Waals surface area contributed by atoms with Crippen LogP contribution in [0.1, 0.15) is 206 Å². The smallest absolute Gasteiger partial charge is 0.306 e. The Hall–Kier alpha value is -1.56. The van der Waals surface area contributed by atoms with E-state index < -0.39 is 49.4 Å². The Morgan fingerprint density at radius 3 is 1.47 bits per heavy atom. The highest BCUT2D eigenvalue weighted by Gasteiger charge is 2.44. The minimum absolute atomic E-state index is 0.215. The first kappa shape index (κ1) is 51.5. The molecule has 2 unspecified atom stereocenters. The molecule has 4 N–H and O–H groups in total. The van der Waals surface area contributed by atoms with Crippen LogP contribution < -0.4 is 0 Å². The fraction of sp³-hybridized carbons (Fsp3) is 0.911. The molecule has 0 aromatic heterocycles. The molecule has 1 aliphatic heterocycles. The van der Waals surface area contributed by atoms with Crippen molar-refractivity contribution < 1.29 is 49.0 Å². The molecule has 10 nitrogen and oxygen atoms in total. The molecule has 0 saturated carbocycles. The number of aliphatic hydroxyl groups excluding tert-OH is 4. The van der Waals surface area contributed by atoms with E-state index in [-0.39, 0.29) is 32.0 Å². The lowest BCUT2D eigenvalue weighted by Crippen LogP contribution is -2.59. The Labute approximate surface area is 335 Å². The van der Waals surface area contributed by atoms with Gasteiger partial charge in [-0.2, -0.15) is 0 Å². The summed E-state index contributed by atoms with van der Waals surface area (Å²) in [5.41, 5.74) is 0. The number of rotatable bonds is 38. The quantitative estimate of drug-likeness (QED) is 0.0271. The number of ether oxygens (including phenoxy) is 4. The van der Waals surface area contributed by atoms with E-state index in [0.29, 0.717) is 6.42 Å². The Kier molecular flexibility index (Phi) is 34.4. The average Bonchev–Trinajstić information content (AvgIpc) is 3.18. The van der Waals surface area contributed by atoms with Crippen LogP contribution in [0.4, 0.5) is 0 Å². The minimum Gasteiger partial charge on any atom is -0.462 e. The van der Waals surface area contributed by atoms with Crippen LogP contribution in [0.2, 0.25) is 0 Å². The van der Waals surface area contributed by atoms with Crippen molar-refractivity contribution in [2.45, 2.75) is 243 Å². The van der Waals surface area contributed by atoms with Crippen LogP contribution in [-0.4, -0.2) is 89.0 Å². The van der Waals surface area contributed by atoms with E-state index >= 15 is 0 Å². The maximum Gasteiger partial charge on any atom is 0.306 e. The maximum absolute atomic E-state index is 12.7. The van der Waals surface area contributed by atoms with Crippen molar-refractivity contribution in [1.29, 1.82) is 0 Å². The lowest BCUT2D eigenvalue weighted by molar-refractivity contribution is -0.305. The van der Waals surface area contributed by atoms with Gasteiger partial charge in [-0.15, -0.1) is 0 Å². The molecule has 55 heavy (non-hydrogen) atoms. The van der Waals surface area contributed by atoms with Crippen LogP contribution in [0.3, 0.4) is 0 Å². The Morgan fingerprint density at radius 1 is 0.545 bits per heavy atom. The first-order valence-electron chi connectivity index (χ1n) is 22.8. The van der Waals surface area contributed by atoms with Crippen molar-refractivity contribution in [3.63, 3.8) is 0 Å². The monoisotopic (exact) mass is 785 g/mol. The molecule has 0 aromatic carbocycles. The van der Waals surface area contributed by atoms with Gasteiger partial charge in [0, 0.05) is 12.8 Å². The summed E-state index contributed by atoms with van der Waals surface area (Å²) in [6.07, 6.45) is 30.8. The third kappa shape index (κ3) is 28.5. The summed E-state index contributed by atoms with van der Waals surface area (Å²) in [5, 5.41) is 40.0. The highest BCUT2D eigenvalue weighted by molar-refractivity contribution is 5.70. The minimum atomic E-state index is -1.59. The van der Waals surface area contributed by atoms with E-state index in [2.05, 4.69) is 26.0 Å². The molecule has 0 radical (unpaired) electrons. The lowest BCUT2D eigenvalue weighted by Gasteiger charge is -2.39. The van der Waals surface area contributed by atoms with Gasteiger partial charge in [0.05, 0.1) is 13.2 Å². The van der Waals surface area contributed by atoms with Crippen LogP contribution in [0.5, 0.6) is 0 Å². The van der Waals surface area contributed by atoms with Crippen molar-refractivity contribution in [2.75, 3.05) is 19.8 Å². The van der Waals surface area contributed by atoms with Crippen molar-refractivity contribution >= 4 is 11.9 Å². The predicted octanol–water partition coefficient (Wildman–Crippen LogP) is 9.56. The summed E-state index contributed by atoms with van der Waals surface area (Å²) in [7, 11) is 0. The van der Waals surface area contributed by atoms with Crippen LogP contribution in [0.15, 0.2) is 12.2 Å². The Morgan fingerprint density at radius 2 is 0.982 bits per heavy atom. The van der Waals surface area contributed by atoms with E-state index in [1.165, 1.54) is 116 Å². The van der Waals surface area contributed by atoms with Crippen LogP contribution in [-0.2, 0) is 28.5 Å². The zero-order valence-electron chi connectivity index (χ0n) is 35.2. The van der Waals surface area contributed by atoms with Gasteiger partial charge in [0.2, 0.25) is 0 Å². The summed E-state index contributed by atoms with van der Waals surface area (Å²) >= 11 is 0. The van der Waals surface area contributed by atoms with Crippen molar-refractivity contribution in [3.05, 3.63) is 12.2 Å². The summed E-state index contributed by atoms with van der Waals surface area (Å²) in [5.74, 6) is -0.808. The molecule has 0 spiro atoms. The first-order valence-corrected chi connectivity index (χ1v) is 22.8. The SMILES string of the molecule is CCCC/C=C/CCCCCCCC(=O)O[C@@H](COC(=O)CCCCCCCCCCCCCCCCCCCCC)CO[C@H]1O[C@@H](CO)[C@@H](O)C(O)C1O. The number of unbranched alkanes of at least 4 members (excludes halogenated alkanes) is 25. The van der Waals surface area contributed by atoms with E-state index in [0.717, 1.165) is 57.8 Å². The van der Waals surface area contributed by atoms with Crippen molar-refractivity contribution in [3.8, 4) is 0 Å². The maximum atomic E-state index is 12.7. The van der Waals surface area contributed by atoms with Gasteiger partial charge in [0.1, 0.15) is 31.0 Å². The number of allylic oxidation sites excluding steroid dienone is 2. The van der Waals surface area contributed by atoms with E-state index in [1.54, 1.807) is 0 Å². The topological polar surface area (TPSA) is 152 Å². The number of hydrogen-bond acceptors (Lipinski definition) is 10. The van der Waals surface area contributed by atoms with Crippen molar-refractivity contribution in [2.24, 2.45) is 0 Å². The van der Waals surface area contributed by atoms with Gasteiger partial charge in [0.15, 0.2) is 12.4 Å². The normalized spacial score (nSPS) is 20.6. The van der Waals surface area contributed by atoms with E-state index in [9.17, 15) is 30.0 Å². The number of hydrogen-bond donors (Lipinski definition) is 4. The molecule has 1 rings (SSSR count). The molecule has 10 heteroatoms. The zero-order valence-corrected chi connectivity index (χ0v) is 35.2. The number of carbonyl (C=O) groups is 2. The summed E-state index contributed by atoms with van der Waals surface area (Å²) < 4.78 is 22.1. The second-order valence-corrected chi connectivity index (χ2v) is 15.9. The van der Waals surface area contributed by atoms with E-state index in [4.69, 9.17) is 18.9 Å². The highest BCUT2D eigenvalue weighted by atomic mass is 16.7. The average molecular weight is 785 g/mol. The summed E-state index contributed by atoms with van der Waals surface area (Å²) in [4.78, 5) is 25.3. The second-order valence-electron chi connectivity index (χ2n) is 15.9. The van der Waals surface area contributed by atoms with Gasteiger partial charge in [-0.05, 0) is 32.1 Å². The Balaban J connectivity index is 2.27. The predicted molar refractivity (Wildman–Crippen MR) is 220 cm³/mol. The number of aliphatic hydroxyl groups is 4.